The largest absolute Gasteiger partial charge is 0.461 e. The van der Waals surface area contributed by atoms with Crippen LogP contribution in [0.1, 0.15) is 17.5 Å². The van der Waals surface area contributed by atoms with Gasteiger partial charge in [-0.2, -0.15) is 11.8 Å². The summed E-state index contributed by atoms with van der Waals surface area (Å²) in [4.78, 5) is 11.7. The number of carbonyl (C=O) groups is 1. The molecular formula is C18H21NO2S. The van der Waals surface area contributed by atoms with E-state index in [2.05, 4.69) is 12.1 Å². The van der Waals surface area contributed by atoms with Gasteiger partial charge in [-0.1, -0.05) is 60.7 Å². The number of thioether (sulfide) groups is 1. The molecule has 0 aromatic heterocycles. The third-order valence-corrected chi connectivity index (χ3v) is 4.32. The Labute approximate surface area is 135 Å². The number of hydrogen-bond acceptors (Lipinski definition) is 4. The van der Waals surface area contributed by atoms with Gasteiger partial charge in [0, 0.05) is 17.5 Å². The van der Waals surface area contributed by atoms with Crippen LogP contribution in [0.25, 0.3) is 0 Å². The van der Waals surface area contributed by atoms with Crippen molar-refractivity contribution in [2.75, 3.05) is 5.75 Å². The Kier molecular flexibility index (Phi) is 7.00. The highest BCUT2D eigenvalue weighted by molar-refractivity contribution is 7.98. The Hall–Kier alpha value is -1.78. The molecule has 0 aliphatic heterocycles. The molecule has 2 aromatic carbocycles. The van der Waals surface area contributed by atoms with E-state index < -0.39 is 0 Å². The number of rotatable bonds is 8. The van der Waals surface area contributed by atoms with E-state index in [4.69, 9.17) is 10.5 Å². The molecule has 0 aliphatic rings. The topological polar surface area (TPSA) is 52.3 Å². The van der Waals surface area contributed by atoms with Crippen molar-refractivity contribution >= 4 is 17.7 Å². The highest BCUT2D eigenvalue weighted by Crippen LogP contribution is 2.13. The summed E-state index contributed by atoms with van der Waals surface area (Å²) in [5.41, 5.74) is 8.24. The molecular weight excluding hydrogens is 294 g/mol. The van der Waals surface area contributed by atoms with Gasteiger partial charge < -0.3 is 10.5 Å². The molecule has 0 radical (unpaired) electrons. The Morgan fingerprint density at radius 2 is 1.59 bits per heavy atom. The van der Waals surface area contributed by atoms with Crippen molar-refractivity contribution in [3.63, 3.8) is 0 Å². The zero-order valence-corrected chi connectivity index (χ0v) is 13.3. The fourth-order valence-corrected chi connectivity index (χ4v) is 2.94. The van der Waals surface area contributed by atoms with E-state index in [1.54, 1.807) is 11.8 Å². The number of benzene rings is 2. The van der Waals surface area contributed by atoms with Gasteiger partial charge in [0.15, 0.2) is 0 Å². The number of nitrogens with two attached hydrogens (primary N) is 1. The number of carbonyl (C=O) groups excluding carboxylic acids is 1. The van der Waals surface area contributed by atoms with E-state index in [1.807, 2.05) is 48.5 Å². The van der Waals surface area contributed by atoms with Crippen molar-refractivity contribution in [1.29, 1.82) is 0 Å². The summed E-state index contributed by atoms with van der Waals surface area (Å²) in [6.45, 7) is 0.309. The standard InChI is InChI=1S/C18H21NO2S/c19-17(14-22-13-16-9-5-2-6-10-16)11-18(20)21-12-15-7-3-1-4-8-15/h1-10,17H,11-14,19H2/t17-/m0/s1. The molecule has 4 heteroatoms. The first-order valence-corrected chi connectivity index (χ1v) is 8.46. The van der Waals surface area contributed by atoms with E-state index in [1.165, 1.54) is 5.56 Å². The molecule has 0 saturated carbocycles. The van der Waals surface area contributed by atoms with Gasteiger partial charge in [-0.3, -0.25) is 4.79 Å². The zero-order chi connectivity index (χ0) is 15.6. The molecule has 0 fully saturated rings. The molecule has 1 atom stereocenters. The highest BCUT2D eigenvalue weighted by atomic mass is 32.2. The molecule has 0 aliphatic carbocycles. The second kappa shape index (κ2) is 9.28. The molecule has 0 saturated heterocycles. The maximum Gasteiger partial charge on any atom is 0.307 e. The molecule has 2 N–H and O–H groups in total. The molecule has 2 rings (SSSR count). The van der Waals surface area contributed by atoms with Crippen LogP contribution in [0.3, 0.4) is 0 Å². The molecule has 0 unspecified atom stereocenters. The Balaban J connectivity index is 1.62. The molecule has 0 amide bonds. The van der Waals surface area contributed by atoms with Crippen LogP contribution in [0.4, 0.5) is 0 Å². The lowest BCUT2D eigenvalue weighted by molar-refractivity contribution is -0.145. The lowest BCUT2D eigenvalue weighted by Crippen LogP contribution is -2.27. The van der Waals surface area contributed by atoms with E-state index in [-0.39, 0.29) is 18.4 Å². The number of esters is 1. The first-order valence-electron chi connectivity index (χ1n) is 7.31. The quantitative estimate of drug-likeness (QED) is 0.759. The predicted octanol–water partition coefficient (Wildman–Crippen LogP) is 3.38. The van der Waals surface area contributed by atoms with Crippen molar-refractivity contribution in [1.82, 2.24) is 0 Å². The average Bonchev–Trinajstić information content (AvgIpc) is 2.55. The summed E-state index contributed by atoms with van der Waals surface area (Å²) in [6, 6.07) is 19.7. The van der Waals surface area contributed by atoms with Gasteiger partial charge >= 0.3 is 5.97 Å². The van der Waals surface area contributed by atoms with Gasteiger partial charge in [-0.25, -0.2) is 0 Å². The normalized spacial score (nSPS) is 11.9. The Bertz CT molecular complexity index is 560. The molecule has 116 valence electrons. The van der Waals surface area contributed by atoms with Crippen LogP contribution in [0.5, 0.6) is 0 Å². The summed E-state index contributed by atoms with van der Waals surface area (Å²) >= 11 is 1.74. The van der Waals surface area contributed by atoms with Gasteiger partial charge in [0.25, 0.3) is 0 Å². The maximum atomic E-state index is 11.7. The predicted molar refractivity (Wildman–Crippen MR) is 91.4 cm³/mol. The number of ether oxygens (including phenoxy) is 1. The molecule has 22 heavy (non-hydrogen) atoms. The zero-order valence-electron chi connectivity index (χ0n) is 12.5. The van der Waals surface area contributed by atoms with Crippen LogP contribution in [0.15, 0.2) is 60.7 Å². The molecule has 3 nitrogen and oxygen atoms in total. The first-order chi connectivity index (χ1) is 10.7. The molecule has 0 heterocycles. The highest BCUT2D eigenvalue weighted by Gasteiger charge is 2.11. The maximum absolute atomic E-state index is 11.7. The van der Waals surface area contributed by atoms with E-state index >= 15 is 0 Å². The first kappa shape index (κ1) is 16.6. The van der Waals surface area contributed by atoms with Gasteiger partial charge in [0.1, 0.15) is 6.61 Å². The summed E-state index contributed by atoms with van der Waals surface area (Å²) in [7, 11) is 0. The summed E-state index contributed by atoms with van der Waals surface area (Å²) in [5.74, 6) is 1.42. The monoisotopic (exact) mass is 315 g/mol. The molecule has 0 bridgehead atoms. The summed E-state index contributed by atoms with van der Waals surface area (Å²) < 4.78 is 5.24. The van der Waals surface area contributed by atoms with Crippen LogP contribution in [0, 0.1) is 0 Å². The van der Waals surface area contributed by atoms with Crippen LogP contribution in [-0.4, -0.2) is 17.8 Å². The lowest BCUT2D eigenvalue weighted by Gasteiger charge is -2.11. The second-order valence-corrected chi connectivity index (χ2v) is 6.14. The van der Waals surface area contributed by atoms with Crippen LogP contribution in [-0.2, 0) is 21.9 Å². The minimum atomic E-state index is -0.239. The van der Waals surface area contributed by atoms with Crippen LogP contribution >= 0.6 is 11.8 Å². The second-order valence-electron chi connectivity index (χ2n) is 5.11. The van der Waals surface area contributed by atoms with E-state index in [9.17, 15) is 4.79 Å². The average molecular weight is 315 g/mol. The Morgan fingerprint density at radius 1 is 1.00 bits per heavy atom. The minimum Gasteiger partial charge on any atom is -0.461 e. The minimum absolute atomic E-state index is 0.169. The van der Waals surface area contributed by atoms with E-state index in [0.29, 0.717) is 6.61 Å². The third-order valence-electron chi connectivity index (χ3n) is 3.11. The fraction of sp³-hybridized carbons (Fsp3) is 0.278. The summed E-state index contributed by atoms with van der Waals surface area (Å²) in [5, 5.41) is 0. The van der Waals surface area contributed by atoms with Crippen LogP contribution < -0.4 is 5.73 Å². The third kappa shape index (κ3) is 6.33. The molecule has 0 spiro atoms. The van der Waals surface area contributed by atoms with Gasteiger partial charge in [-0.05, 0) is 11.1 Å². The van der Waals surface area contributed by atoms with Crippen molar-refractivity contribution in [2.24, 2.45) is 5.73 Å². The summed E-state index contributed by atoms with van der Waals surface area (Å²) in [6.07, 6.45) is 0.259. The van der Waals surface area contributed by atoms with Crippen molar-refractivity contribution in [2.45, 2.75) is 24.8 Å². The van der Waals surface area contributed by atoms with Crippen molar-refractivity contribution in [3.8, 4) is 0 Å². The fourth-order valence-electron chi connectivity index (χ4n) is 1.97. The SMILES string of the molecule is N[C@H](CSCc1ccccc1)CC(=O)OCc1ccccc1. The van der Waals surface area contributed by atoms with Crippen molar-refractivity contribution < 1.29 is 9.53 Å². The van der Waals surface area contributed by atoms with Gasteiger partial charge in [-0.15, -0.1) is 0 Å². The van der Waals surface area contributed by atoms with Gasteiger partial charge in [0.05, 0.1) is 6.42 Å². The Morgan fingerprint density at radius 3 is 2.23 bits per heavy atom. The van der Waals surface area contributed by atoms with Crippen molar-refractivity contribution in [3.05, 3.63) is 71.8 Å². The van der Waals surface area contributed by atoms with Crippen LogP contribution in [0.2, 0.25) is 0 Å². The van der Waals surface area contributed by atoms with Gasteiger partial charge in [0.2, 0.25) is 0 Å². The molecule has 2 aromatic rings. The lowest BCUT2D eigenvalue weighted by atomic mass is 10.2. The smallest absolute Gasteiger partial charge is 0.307 e. The van der Waals surface area contributed by atoms with E-state index in [0.717, 1.165) is 17.1 Å². The number of hydrogen-bond donors (Lipinski definition) is 1.